The molecule has 0 fully saturated rings. The van der Waals surface area contributed by atoms with E-state index >= 15 is 0 Å². The van der Waals surface area contributed by atoms with Gasteiger partial charge < -0.3 is 0 Å². The standard InChI is InChI=1S/C8F17.Na.H2O4S/c9-1(10)2(11,12)3(13,14)4(15,16)5(17,18)6(19,20)7(21,22)8(23,24)25;;1-5(2,3)4/h;;(H2,1,2,3,4). The van der Waals surface area contributed by atoms with Gasteiger partial charge in [-0.2, -0.15) is 8.42 Å². The van der Waals surface area contributed by atoms with Crippen LogP contribution in [0.15, 0.2) is 0 Å². The first-order valence-electron chi connectivity index (χ1n) is 6.16. The van der Waals surface area contributed by atoms with Gasteiger partial charge in [-0.15, -0.1) is 0 Å². The molecule has 0 aliphatic rings. The van der Waals surface area contributed by atoms with Gasteiger partial charge in [-0.05, 0) is 0 Å². The van der Waals surface area contributed by atoms with E-state index in [9.17, 15) is 74.6 Å². The average molecular weight is 540 g/mol. The molecule has 0 amide bonds. The molecule has 4 nitrogen and oxygen atoms in total. The summed E-state index contributed by atoms with van der Waals surface area (Å²) in [7, 11) is -4.67. The Morgan fingerprint density at radius 2 is 0.613 bits per heavy atom. The van der Waals surface area contributed by atoms with Crippen LogP contribution in [0.3, 0.4) is 0 Å². The predicted molar refractivity (Wildman–Crippen MR) is 60.6 cm³/mol. The van der Waals surface area contributed by atoms with Crippen molar-refractivity contribution >= 4 is 38.3 Å². The van der Waals surface area contributed by atoms with E-state index in [1.54, 1.807) is 0 Å². The van der Waals surface area contributed by atoms with Crippen molar-refractivity contribution in [3.8, 4) is 0 Å². The summed E-state index contributed by atoms with van der Waals surface area (Å²) in [6.07, 6.45) is -7.73. The van der Waals surface area contributed by atoms with Crippen molar-refractivity contribution in [2.75, 3.05) is 0 Å². The van der Waals surface area contributed by atoms with Gasteiger partial charge in [0, 0.05) is 0 Å². The monoisotopic (exact) mass is 540 g/mol. The molecule has 0 unspecified atom stereocenters. The van der Waals surface area contributed by atoms with Crippen LogP contribution in [0.4, 0.5) is 74.6 Å². The molecular weight excluding hydrogens is 538 g/mol. The summed E-state index contributed by atoms with van der Waals surface area (Å²) in [6, 6.07) is 0. The second kappa shape index (κ2) is 8.47. The topological polar surface area (TPSA) is 74.6 Å². The summed E-state index contributed by atoms with van der Waals surface area (Å²) in [5, 5.41) is 0. The molecule has 0 spiro atoms. The van der Waals surface area contributed by atoms with Crippen LogP contribution < -0.4 is 0 Å². The molecule has 0 saturated heterocycles. The van der Waals surface area contributed by atoms with E-state index < -0.39 is 83.2 Å². The maximum absolute atomic E-state index is 12.9. The Balaban J connectivity index is 0. The number of rotatable bonds is 6. The van der Waals surface area contributed by atoms with Crippen LogP contribution in [0.25, 0.3) is 0 Å². The van der Waals surface area contributed by atoms with E-state index in [1.165, 1.54) is 0 Å². The first-order chi connectivity index (χ1) is 12.8. The molecule has 0 rings (SSSR count). The van der Waals surface area contributed by atoms with Gasteiger partial charge in [-0.1, -0.05) is 0 Å². The third-order valence-corrected chi connectivity index (χ3v) is 3.51. The second-order valence-electron chi connectivity index (χ2n) is 5.28. The molecule has 184 valence electrons. The van der Waals surface area contributed by atoms with E-state index in [1.807, 2.05) is 0 Å². The maximum Gasteiger partial charge on any atom is 0.394 e. The summed E-state index contributed by atoms with van der Waals surface area (Å²) in [5.74, 6) is -49.2. The van der Waals surface area contributed by atoms with Gasteiger partial charge in [0.25, 0.3) is 0 Å². The molecule has 0 aliphatic carbocycles. The summed E-state index contributed by atoms with van der Waals surface area (Å²) >= 11 is -2.45. The van der Waals surface area contributed by atoms with Gasteiger partial charge in [0.1, 0.15) is 0 Å². The first kappa shape index (κ1) is 32.9. The van der Waals surface area contributed by atoms with Gasteiger partial charge in [-0.25, -0.2) is 0 Å². The van der Waals surface area contributed by atoms with Gasteiger partial charge in [0.15, 0.2) is 0 Å². The molecule has 0 radical (unpaired) electrons. The van der Waals surface area contributed by atoms with E-state index in [-0.39, 0.29) is 0 Å². The van der Waals surface area contributed by atoms with Gasteiger partial charge in [0.2, 0.25) is 0 Å². The Kier molecular flexibility index (Phi) is 8.98. The normalized spacial score (nSPS) is 16.0. The van der Waals surface area contributed by atoms with Crippen LogP contribution in [0.1, 0.15) is 0 Å². The summed E-state index contributed by atoms with van der Waals surface area (Å²) in [6.45, 7) is 0. The SMILES string of the molecule is FC(F)(F)C(F)(F)C(F)(F)C(F)(F)C(F)(F)C(F)(F)C(F)(F)[C](F)(F)[Na].O=S(=O)(O)O. The van der Waals surface area contributed by atoms with Crippen molar-refractivity contribution in [2.45, 2.75) is 44.9 Å². The Labute approximate surface area is 175 Å². The fourth-order valence-electron chi connectivity index (χ4n) is 1.24. The molecule has 2 N–H and O–H groups in total. The summed E-state index contributed by atoms with van der Waals surface area (Å²) in [4.78, 5) is 0. The zero-order valence-electron chi connectivity index (χ0n) is 13.5. The van der Waals surface area contributed by atoms with Crippen molar-refractivity contribution in [2.24, 2.45) is 0 Å². The van der Waals surface area contributed by atoms with E-state index in [0.29, 0.717) is 0 Å². The third kappa shape index (κ3) is 5.79. The summed E-state index contributed by atoms with van der Waals surface area (Å²) in [5.41, 5.74) is 0. The molecular formula is C8H2F17NaO4S. The van der Waals surface area contributed by atoms with Crippen LogP contribution in [0.5, 0.6) is 0 Å². The van der Waals surface area contributed by atoms with Crippen LogP contribution in [0, 0.1) is 0 Å². The minimum atomic E-state index is -8.54. The van der Waals surface area contributed by atoms with Gasteiger partial charge >= 0.3 is 158 Å². The second-order valence-corrected chi connectivity index (χ2v) is 7.43. The zero-order chi connectivity index (χ0) is 26.5. The Hall–Kier alpha value is -0.320. The van der Waals surface area contributed by atoms with Crippen LogP contribution >= 0.6 is 0 Å². The molecule has 0 aromatic rings. The summed E-state index contributed by atoms with van der Waals surface area (Å²) < 4.78 is 238. The predicted octanol–water partition coefficient (Wildman–Crippen LogP) is 4.47. The zero-order valence-corrected chi connectivity index (χ0v) is 16.4. The fourth-order valence-corrected chi connectivity index (χ4v) is 1.56. The third-order valence-electron chi connectivity index (χ3n) is 2.88. The Morgan fingerprint density at radius 1 is 0.452 bits per heavy atom. The van der Waals surface area contributed by atoms with Crippen LogP contribution in [-0.2, 0) is 10.4 Å². The number of hydrogen-bond acceptors (Lipinski definition) is 2. The molecule has 0 atom stereocenters. The number of hydrogen-bond donors (Lipinski definition) is 2. The molecule has 0 saturated carbocycles. The fraction of sp³-hybridized carbons (Fsp3) is 1.00. The minimum absolute atomic E-state index is 2.45. The van der Waals surface area contributed by atoms with Crippen molar-refractivity contribution in [3.05, 3.63) is 0 Å². The van der Waals surface area contributed by atoms with E-state index in [0.717, 1.165) is 0 Å². The van der Waals surface area contributed by atoms with Crippen LogP contribution in [-0.4, -0.2) is 90.3 Å². The molecule has 0 aromatic heterocycles. The maximum atomic E-state index is 12.9. The molecule has 0 bridgehead atoms. The molecule has 31 heavy (non-hydrogen) atoms. The van der Waals surface area contributed by atoms with Crippen molar-refractivity contribution in [3.63, 3.8) is 0 Å². The molecule has 0 aromatic carbocycles. The smallest absolute Gasteiger partial charge is 0.264 e. The van der Waals surface area contributed by atoms with Gasteiger partial charge in [-0.3, -0.25) is 9.11 Å². The van der Waals surface area contributed by atoms with Crippen molar-refractivity contribution < 1.29 is 92.2 Å². The van der Waals surface area contributed by atoms with Crippen molar-refractivity contribution in [1.29, 1.82) is 0 Å². The quantitative estimate of drug-likeness (QED) is 0.297. The largest absolute Gasteiger partial charge is 0.394 e. The number of halogens is 17. The average Bonchev–Trinajstić information content (AvgIpc) is 2.41. The Morgan fingerprint density at radius 3 is 0.774 bits per heavy atom. The Bertz CT molecular complexity index is 680. The van der Waals surface area contributed by atoms with Crippen LogP contribution in [0.2, 0.25) is 0 Å². The van der Waals surface area contributed by atoms with E-state index in [4.69, 9.17) is 17.5 Å². The van der Waals surface area contributed by atoms with E-state index in [2.05, 4.69) is 0 Å². The number of alkyl halides is 17. The molecule has 23 heteroatoms. The minimum Gasteiger partial charge on any atom is -0.264 e. The first-order valence-corrected chi connectivity index (χ1v) is 8.56. The van der Waals surface area contributed by atoms with Gasteiger partial charge in [0.05, 0.1) is 0 Å². The molecule has 0 heterocycles. The molecule has 0 aliphatic heterocycles. The van der Waals surface area contributed by atoms with Crippen molar-refractivity contribution in [1.82, 2.24) is 0 Å².